The largest absolute Gasteiger partial charge is 0.354 e. The van der Waals surface area contributed by atoms with Crippen LogP contribution in [-0.2, 0) is 13.1 Å². The van der Waals surface area contributed by atoms with E-state index in [-0.39, 0.29) is 0 Å². The number of aromatic nitrogens is 3. The molecule has 6 nitrogen and oxygen atoms in total. The molecule has 0 bridgehead atoms. The second-order valence-corrected chi connectivity index (χ2v) is 6.66. The van der Waals surface area contributed by atoms with E-state index in [9.17, 15) is 0 Å². The molecule has 138 valence electrons. The number of benzene rings is 1. The molecule has 0 atom stereocenters. The molecule has 0 spiro atoms. The molecular weight excluding hydrogens is 336 g/mol. The zero-order valence-electron chi connectivity index (χ0n) is 15.3. The van der Waals surface area contributed by atoms with Crippen molar-refractivity contribution in [2.75, 3.05) is 36.4 Å². The number of hydrogen-bond donors (Lipinski definition) is 1. The van der Waals surface area contributed by atoms with Crippen LogP contribution in [0, 0.1) is 0 Å². The Bertz CT molecular complexity index is 832. The Hall–Kier alpha value is -2.99. The molecule has 2 aromatic heterocycles. The monoisotopic (exact) mass is 360 g/mol. The fourth-order valence-electron chi connectivity index (χ4n) is 3.26. The third-order valence-corrected chi connectivity index (χ3v) is 4.74. The lowest BCUT2D eigenvalue weighted by molar-refractivity contribution is 0.249. The summed E-state index contributed by atoms with van der Waals surface area (Å²) >= 11 is 0. The van der Waals surface area contributed by atoms with Crippen LogP contribution in [0.4, 0.5) is 11.8 Å². The highest BCUT2D eigenvalue weighted by Gasteiger charge is 2.18. The van der Waals surface area contributed by atoms with E-state index in [0.717, 1.165) is 44.2 Å². The molecule has 3 aromatic rings. The van der Waals surface area contributed by atoms with Crippen molar-refractivity contribution in [2.24, 2.45) is 0 Å². The summed E-state index contributed by atoms with van der Waals surface area (Å²) in [6, 6.07) is 18.5. The number of pyridine rings is 1. The Morgan fingerprint density at radius 1 is 0.815 bits per heavy atom. The zero-order valence-corrected chi connectivity index (χ0v) is 15.3. The highest BCUT2D eigenvalue weighted by molar-refractivity contribution is 5.43. The molecule has 3 heterocycles. The van der Waals surface area contributed by atoms with Crippen LogP contribution in [-0.4, -0.2) is 46.0 Å². The van der Waals surface area contributed by atoms with Crippen molar-refractivity contribution in [1.29, 1.82) is 0 Å². The average molecular weight is 360 g/mol. The minimum Gasteiger partial charge on any atom is -0.354 e. The normalized spacial score (nSPS) is 14.9. The van der Waals surface area contributed by atoms with E-state index in [1.54, 1.807) is 6.20 Å². The Kier molecular flexibility index (Phi) is 5.55. The Morgan fingerprint density at radius 3 is 2.41 bits per heavy atom. The lowest BCUT2D eigenvalue weighted by atomic mass is 10.2. The third-order valence-electron chi connectivity index (χ3n) is 4.74. The van der Waals surface area contributed by atoms with Gasteiger partial charge in [0.25, 0.3) is 0 Å². The van der Waals surface area contributed by atoms with Crippen molar-refractivity contribution < 1.29 is 0 Å². The maximum absolute atomic E-state index is 4.68. The lowest BCUT2D eigenvalue weighted by Gasteiger charge is -2.35. The second-order valence-electron chi connectivity index (χ2n) is 6.66. The molecule has 1 aliphatic heterocycles. The van der Waals surface area contributed by atoms with Crippen LogP contribution < -0.4 is 10.2 Å². The Morgan fingerprint density at radius 2 is 1.63 bits per heavy atom. The number of piperazine rings is 1. The minimum absolute atomic E-state index is 0.620. The number of hydrogen-bond acceptors (Lipinski definition) is 6. The Balaban J connectivity index is 1.32. The van der Waals surface area contributed by atoms with Gasteiger partial charge in [0.1, 0.15) is 5.82 Å². The van der Waals surface area contributed by atoms with Crippen molar-refractivity contribution in [2.45, 2.75) is 13.1 Å². The smallest absolute Gasteiger partial charge is 0.224 e. The van der Waals surface area contributed by atoms with Gasteiger partial charge in [0.2, 0.25) is 5.95 Å². The molecule has 0 saturated carbocycles. The van der Waals surface area contributed by atoms with E-state index >= 15 is 0 Å². The first-order valence-electron chi connectivity index (χ1n) is 9.35. The first-order valence-corrected chi connectivity index (χ1v) is 9.35. The van der Waals surface area contributed by atoms with Gasteiger partial charge in [0.05, 0.1) is 12.2 Å². The average Bonchev–Trinajstić information content (AvgIpc) is 2.75. The van der Waals surface area contributed by atoms with E-state index in [1.165, 1.54) is 5.56 Å². The summed E-state index contributed by atoms with van der Waals surface area (Å²) in [5.41, 5.74) is 2.34. The van der Waals surface area contributed by atoms with Gasteiger partial charge in [-0.05, 0) is 23.8 Å². The van der Waals surface area contributed by atoms with Crippen LogP contribution in [0.25, 0.3) is 0 Å². The molecule has 1 fully saturated rings. The predicted octanol–water partition coefficient (Wildman–Crippen LogP) is 2.81. The maximum atomic E-state index is 4.68. The van der Waals surface area contributed by atoms with E-state index < -0.39 is 0 Å². The van der Waals surface area contributed by atoms with Gasteiger partial charge < -0.3 is 10.2 Å². The van der Waals surface area contributed by atoms with Gasteiger partial charge >= 0.3 is 0 Å². The maximum Gasteiger partial charge on any atom is 0.224 e. The van der Waals surface area contributed by atoms with Crippen LogP contribution in [0.5, 0.6) is 0 Å². The van der Waals surface area contributed by atoms with Crippen molar-refractivity contribution in [3.05, 3.63) is 78.2 Å². The summed E-state index contributed by atoms with van der Waals surface area (Å²) in [4.78, 5) is 18.1. The minimum atomic E-state index is 0.620. The van der Waals surface area contributed by atoms with Crippen LogP contribution in [0.2, 0.25) is 0 Å². The molecule has 0 radical (unpaired) electrons. The zero-order chi connectivity index (χ0) is 18.3. The van der Waals surface area contributed by atoms with Crippen LogP contribution in [0.15, 0.2) is 67.0 Å². The standard InChI is InChI=1S/C21H24N6/c1-2-6-18(7-3-1)17-26-12-14-27(15-13-26)20-9-11-23-21(25-20)24-16-19-8-4-5-10-22-19/h1-11H,12-17H2,(H,23,24,25). The van der Waals surface area contributed by atoms with Gasteiger partial charge in [-0.2, -0.15) is 4.98 Å². The van der Waals surface area contributed by atoms with Crippen molar-refractivity contribution in [3.63, 3.8) is 0 Å². The SMILES string of the molecule is c1ccc(CN2CCN(c3ccnc(NCc4ccccn4)n3)CC2)cc1. The summed E-state index contributed by atoms with van der Waals surface area (Å²) in [7, 11) is 0. The van der Waals surface area contributed by atoms with Crippen LogP contribution in [0.3, 0.4) is 0 Å². The Labute approximate surface area is 159 Å². The molecule has 0 amide bonds. The van der Waals surface area contributed by atoms with Crippen molar-refractivity contribution in [1.82, 2.24) is 19.9 Å². The van der Waals surface area contributed by atoms with Gasteiger partial charge in [-0.1, -0.05) is 36.4 Å². The number of nitrogens with one attached hydrogen (secondary N) is 1. The van der Waals surface area contributed by atoms with E-state index in [0.29, 0.717) is 12.5 Å². The molecule has 0 aliphatic carbocycles. The van der Waals surface area contributed by atoms with Crippen molar-refractivity contribution in [3.8, 4) is 0 Å². The van der Waals surface area contributed by atoms with Gasteiger partial charge in [-0.15, -0.1) is 0 Å². The predicted molar refractivity (Wildman–Crippen MR) is 108 cm³/mol. The van der Waals surface area contributed by atoms with Gasteiger partial charge in [0.15, 0.2) is 0 Å². The molecule has 0 unspecified atom stereocenters. The highest BCUT2D eigenvalue weighted by Crippen LogP contribution is 2.16. The molecule has 1 aliphatic rings. The van der Waals surface area contributed by atoms with Gasteiger partial charge in [-0.3, -0.25) is 9.88 Å². The summed E-state index contributed by atoms with van der Waals surface area (Å²) in [5, 5.41) is 3.26. The van der Waals surface area contributed by atoms with E-state index in [1.807, 2.05) is 30.5 Å². The number of rotatable bonds is 6. The fraction of sp³-hybridized carbons (Fsp3) is 0.286. The van der Waals surface area contributed by atoms with E-state index in [2.05, 4.69) is 60.4 Å². The topological polar surface area (TPSA) is 57.2 Å². The lowest BCUT2D eigenvalue weighted by Crippen LogP contribution is -2.46. The highest BCUT2D eigenvalue weighted by atomic mass is 15.3. The van der Waals surface area contributed by atoms with Crippen molar-refractivity contribution >= 4 is 11.8 Å². The molecule has 1 N–H and O–H groups in total. The molecule has 1 saturated heterocycles. The fourth-order valence-corrected chi connectivity index (χ4v) is 3.26. The van der Waals surface area contributed by atoms with Gasteiger partial charge in [-0.25, -0.2) is 4.98 Å². The quantitative estimate of drug-likeness (QED) is 0.729. The summed E-state index contributed by atoms with van der Waals surface area (Å²) in [6.07, 6.45) is 3.61. The first kappa shape index (κ1) is 17.4. The summed E-state index contributed by atoms with van der Waals surface area (Å²) in [5.74, 6) is 1.62. The molecule has 1 aromatic carbocycles. The number of nitrogens with zero attached hydrogens (tertiary/aromatic N) is 5. The molecule has 6 heteroatoms. The third kappa shape index (κ3) is 4.80. The summed E-state index contributed by atoms with van der Waals surface area (Å²) < 4.78 is 0. The molecule has 4 rings (SSSR count). The second kappa shape index (κ2) is 8.60. The summed E-state index contributed by atoms with van der Waals surface area (Å²) in [6.45, 7) is 5.66. The van der Waals surface area contributed by atoms with Crippen LogP contribution in [0.1, 0.15) is 11.3 Å². The molecular formula is C21H24N6. The number of anilines is 2. The van der Waals surface area contributed by atoms with E-state index in [4.69, 9.17) is 0 Å². The van der Waals surface area contributed by atoms with Gasteiger partial charge in [0, 0.05) is 45.1 Å². The first-order chi connectivity index (χ1) is 13.4. The molecule has 27 heavy (non-hydrogen) atoms. The van der Waals surface area contributed by atoms with Crippen LogP contribution >= 0.6 is 0 Å².